The fraction of sp³-hybridized carbons (Fsp3) is 1.00. The maximum atomic E-state index is 11.4. The van der Waals surface area contributed by atoms with Crippen molar-refractivity contribution in [3.8, 4) is 0 Å². The molecule has 0 aromatic carbocycles. The second kappa shape index (κ2) is 13.2. The van der Waals surface area contributed by atoms with E-state index in [9.17, 15) is 43.2 Å². The summed E-state index contributed by atoms with van der Waals surface area (Å²) in [5.41, 5.74) is -12.4. The number of aliphatic hydroxyl groups is 2. The fourth-order valence-corrected chi connectivity index (χ4v) is 4.34. The van der Waals surface area contributed by atoms with Crippen molar-refractivity contribution in [2.24, 2.45) is 0 Å². The molecule has 0 spiro atoms. The first-order chi connectivity index (χ1) is 14.5. The lowest BCUT2D eigenvalue weighted by molar-refractivity contribution is -0.917. The van der Waals surface area contributed by atoms with Crippen LogP contribution in [0, 0.1) is 0 Å². The van der Waals surface area contributed by atoms with Gasteiger partial charge in [-0.05, 0) is 0 Å². The zero-order chi connectivity index (χ0) is 25.1. The summed E-state index contributed by atoms with van der Waals surface area (Å²) in [7, 11) is -13.4. The number of hydrogen-bond donors (Lipinski definition) is 2. The predicted molar refractivity (Wildman–Crippen MR) is 98.1 cm³/mol. The molecule has 0 aromatic heterocycles. The summed E-state index contributed by atoms with van der Waals surface area (Å²) in [5.74, 6) is 0. The summed E-state index contributed by atoms with van der Waals surface area (Å²) in [6, 6.07) is 0. The van der Waals surface area contributed by atoms with Gasteiger partial charge in [0.25, 0.3) is 0 Å². The van der Waals surface area contributed by atoms with E-state index in [0.29, 0.717) is 26.4 Å². The lowest BCUT2D eigenvalue weighted by Gasteiger charge is -2.34. The quantitative estimate of drug-likeness (QED) is 0.214. The third-order valence-electron chi connectivity index (χ3n) is 4.19. The van der Waals surface area contributed by atoms with Crippen LogP contribution in [0.5, 0.6) is 0 Å². The summed E-state index contributed by atoms with van der Waals surface area (Å²) < 4.78 is 121. The highest BCUT2D eigenvalue weighted by Crippen LogP contribution is 2.36. The Morgan fingerprint density at radius 3 is 1.34 bits per heavy atom. The molecule has 1 heterocycles. The van der Waals surface area contributed by atoms with E-state index >= 15 is 0 Å². The molecule has 0 radical (unpaired) electrons. The Bertz CT molecular complexity index is 681. The molecule has 18 heteroatoms. The number of alkyl halides is 6. The smallest absolute Gasteiger partial charge is 0.421 e. The minimum atomic E-state index is -6.72. The van der Waals surface area contributed by atoms with Crippen LogP contribution >= 0.6 is 0 Å². The van der Waals surface area contributed by atoms with Crippen molar-refractivity contribution in [1.29, 1.82) is 0 Å². The molecule has 1 aliphatic heterocycles. The van der Waals surface area contributed by atoms with E-state index in [0.717, 1.165) is 21.7 Å². The van der Waals surface area contributed by atoms with Crippen LogP contribution in [0.2, 0.25) is 0 Å². The van der Waals surface area contributed by atoms with E-state index < -0.39 is 31.1 Å². The molecule has 0 aliphatic carbocycles. The fourth-order valence-electron chi connectivity index (χ4n) is 2.63. The SMILES string of the molecule is O=S(=O)([N-]S(=O)(=O)C(F)(F)F)C(F)(F)F.OCCOCC[N+]1(CCOCCO)CCCC1. The van der Waals surface area contributed by atoms with Crippen LogP contribution < -0.4 is 0 Å². The van der Waals surface area contributed by atoms with Crippen molar-refractivity contribution < 1.29 is 67.3 Å². The summed E-state index contributed by atoms with van der Waals surface area (Å²) in [5, 5.41) is 17.3. The Hall–Kier alpha value is -0.760. The molecule has 0 bridgehead atoms. The number of nitrogens with zero attached hydrogens (tertiary/aromatic N) is 2. The molecule has 1 rings (SSSR count). The van der Waals surface area contributed by atoms with Crippen molar-refractivity contribution in [1.82, 2.24) is 0 Å². The van der Waals surface area contributed by atoms with Gasteiger partial charge in [0, 0.05) is 12.8 Å². The maximum absolute atomic E-state index is 11.4. The van der Waals surface area contributed by atoms with E-state index in [1.165, 1.54) is 25.9 Å². The summed E-state index contributed by atoms with van der Waals surface area (Å²) in [4.78, 5) is 0. The molecule has 1 fully saturated rings. The van der Waals surface area contributed by atoms with Crippen LogP contribution in [-0.2, 0) is 29.5 Å². The van der Waals surface area contributed by atoms with Gasteiger partial charge in [-0.3, -0.25) is 0 Å². The standard InChI is InChI=1S/C12H26NO4.C2F6NO4S2/c14-7-11-16-9-5-13(3-1-2-4-13)6-10-17-12-8-15;3-1(4,5)14(10,11)9-15(12,13)2(6,7)8/h14-15H,1-12H2;/q+1;-1. The van der Waals surface area contributed by atoms with Crippen molar-refractivity contribution in [3.63, 3.8) is 0 Å². The van der Waals surface area contributed by atoms with Crippen molar-refractivity contribution in [2.45, 2.75) is 23.9 Å². The van der Waals surface area contributed by atoms with Gasteiger partial charge in [0.05, 0.1) is 52.7 Å². The number of halogens is 6. The number of sulfonamides is 2. The molecule has 0 unspecified atom stereocenters. The lowest BCUT2D eigenvalue weighted by atomic mass is 10.4. The maximum Gasteiger partial charge on any atom is 0.480 e. The molecule has 0 aromatic rings. The van der Waals surface area contributed by atoms with Gasteiger partial charge in [-0.2, -0.15) is 26.3 Å². The molecular weight excluding hydrogens is 502 g/mol. The first kappa shape index (κ1) is 31.2. The summed E-state index contributed by atoms with van der Waals surface area (Å²) >= 11 is 0. The molecule has 0 atom stereocenters. The van der Waals surface area contributed by atoms with Crippen LogP contribution in [0.15, 0.2) is 0 Å². The first-order valence-corrected chi connectivity index (χ1v) is 12.0. The number of likely N-dealkylation sites (tertiary alicyclic amines) is 1. The lowest BCUT2D eigenvalue weighted by Crippen LogP contribution is -2.49. The van der Waals surface area contributed by atoms with Crippen molar-refractivity contribution >= 4 is 20.0 Å². The van der Waals surface area contributed by atoms with Gasteiger partial charge < -0.3 is 28.3 Å². The van der Waals surface area contributed by atoms with Crippen LogP contribution in [0.25, 0.3) is 4.13 Å². The molecule has 1 aliphatic rings. The Labute approximate surface area is 181 Å². The number of quaternary nitrogens is 1. The number of hydrogen-bond acceptors (Lipinski definition) is 8. The highest BCUT2D eigenvalue weighted by molar-refractivity contribution is 8.13. The Morgan fingerprint density at radius 2 is 1.06 bits per heavy atom. The number of ether oxygens (including phenoxy) is 2. The topological polar surface area (TPSA) is 141 Å². The summed E-state index contributed by atoms with van der Waals surface area (Å²) in [6.45, 7) is 6.88. The molecule has 1 saturated heterocycles. The zero-order valence-electron chi connectivity index (χ0n) is 16.8. The average Bonchev–Trinajstić information content (AvgIpc) is 3.09. The molecule has 10 nitrogen and oxygen atoms in total. The van der Waals surface area contributed by atoms with E-state index in [-0.39, 0.29) is 13.2 Å². The number of aliphatic hydroxyl groups excluding tert-OH is 2. The first-order valence-electron chi connectivity index (χ1n) is 9.13. The molecule has 32 heavy (non-hydrogen) atoms. The van der Waals surface area contributed by atoms with Crippen LogP contribution in [-0.4, -0.2) is 108 Å². The van der Waals surface area contributed by atoms with Gasteiger partial charge in [0.2, 0.25) is 0 Å². The van der Waals surface area contributed by atoms with Crippen LogP contribution in [0.3, 0.4) is 0 Å². The van der Waals surface area contributed by atoms with Gasteiger partial charge in [-0.15, -0.1) is 0 Å². The van der Waals surface area contributed by atoms with Gasteiger partial charge in [-0.25, -0.2) is 16.8 Å². The van der Waals surface area contributed by atoms with E-state index in [1.54, 1.807) is 0 Å². The van der Waals surface area contributed by atoms with Gasteiger partial charge in [0.15, 0.2) is 20.0 Å². The molecule has 194 valence electrons. The van der Waals surface area contributed by atoms with Gasteiger partial charge >= 0.3 is 11.0 Å². The minimum absolute atomic E-state index is 0.0968. The molecule has 2 N–H and O–H groups in total. The predicted octanol–water partition coefficient (Wildman–Crippen LogP) is 0.674. The average molecular weight is 528 g/mol. The highest BCUT2D eigenvalue weighted by atomic mass is 32.3. The second-order valence-corrected chi connectivity index (χ2v) is 9.95. The molecule has 0 amide bonds. The normalized spacial score (nSPS) is 17.1. The monoisotopic (exact) mass is 528 g/mol. The third kappa shape index (κ3) is 10.9. The molecular formula is C14H26F6N2O8S2. The van der Waals surface area contributed by atoms with Crippen LogP contribution in [0.4, 0.5) is 26.3 Å². The highest BCUT2D eigenvalue weighted by Gasteiger charge is 2.46. The van der Waals surface area contributed by atoms with E-state index in [4.69, 9.17) is 19.7 Å². The van der Waals surface area contributed by atoms with Crippen molar-refractivity contribution in [2.75, 3.05) is 65.8 Å². The largest absolute Gasteiger partial charge is 0.480 e. The number of rotatable bonds is 12. The van der Waals surface area contributed by atoms with Gasteiger partial charge in [-0.1, -0.05) is 0 Å². The summed E-state index contributed by atoms with van der Waals surface area (Å²) in [6.07, 6.45) is 2.56. The van der Waals surface area contributed by atoms with Crippen molar-refractivity contribution in [3.05, 3.63) is 4.13 Å². The molecule has 0 saturated carbocycles. The van der Waals surface area contributed by atoms with Crippen LogP contribution in [0.1, 0.15) is 12.8 Å². The Kier molecular flexibility index (Phi) is 12.9. The Balaban J connectivity index is 0.000000607. The second-order valence-electron chi connectivity index (χ2n) is 6.53. The Morgan fingerprint density at radius 1 is 0.719 bits per heavy atom. The van der Waals surface area contributed by atoms with E-state index in [1.807, 2.05) is 0 Å². The zero-order valence-corrected chi connectivity index (χ0v) is 18.4. The third-order valence-corrected chi connectivity index (χ3v) is 6.93. The van der Waals surface area contributed by atoms with Gasteiger partial charge in [0.1, 0.15) is 13.1 Å². The minimum Gasteiger partial charge on any atom is -0.421 e. The van der Waals surface area contributed by atoms with E-state index in [2.05, 4.69) is 0 Å².